The number of hydrogen-bond acceptors (Lipinski definition) is 6. The van der Waals surface area contributed by atoms with E-state index in [-0.39, 0.29) is 11.5 Å². The van der Waals surface area contributed by atoms with Gasteiger partial charge >= 0.3 is 0 Å². The van der Waals surface area contributed by atoms with Gasteiger partial charge in [-0.05, 0) is 54.4 Å². The lowest BCUT2D eigenvalue weighted by atomic mass is 10.2. The number of nitrogens with zero attached hydrogens (tertiary/aromatic N) is 2. The minimum Gasteiger partial charge on any atom is -0.494 e. The molecule has 0 saturated carbocycles. The third-order valence-electron chi connectivity index (χ3n) is 4.20. The van der Waals surface area contributed by atoms with E-state index in [1.54, 1.807) is 24.4 Å². The third-order valence-corrected chi connectivity index (χ3v) is 6.10. The molecular weight excluding hydrogens is 380 g/mol. The zero-order valence-electron chi connectivity index (χ0n) is 15.8. The van der Waals surface area contributed by atoms with Gasteiger partial charge in [-0.1, -0.05) is 17.3 Å². The second-order valence-electron chi connectivity index (χ2n) is 6.17. The summed E-state index contributed by atoms with van der Waals surface area (Å²) in [5.41, 5.74) is 1.62. The molecule has 0 bridgehead atoms. The first-order valence-corrected chi connectivity index (χ1v) is 10.6. The zero-order valence-corrected chi connectivity index (χ0v) is 16.6. The van der Waals surface area contributed by atoms with Gasteiger partial charge in [-0.15, -0.1) is 0 Å². The summed E-state index contributed by atoms with van der Waals surface area (Å²) >= 11 is 0. The monoisotopic (exact) mass is 404 g/mol. The van der Waals surface area contributed by atoms with E-state index >= 15 is 0 Å². The Morgan fingerprint density at radius 1 is 1.14 bits per heavy atom. The average Bonchev–Trinajstić information content (AvgIpc) is 2.73. The normalized spacial score (nSPS) is 15.6. The molecule has 0 amide bonds. The van der Waals surface area contributed by atoms with E-state index in [1.165, 1.54) is 4.31 Å². The van der Waals surface area contributed by atoms with Crippen molar-refractivity contribution in [2.24, 2.45) is 5.16 Å². The Bertz CT molecular complexity index is 891. The molecule has 3 rings (SSSR count). The minimum absolute atomic E-state index is 0.181. The molecule has 150 valence electrons. The lowest BCUT2D eigenvalue weighted by Gasteiger charge is -2.26. The van der Waals surface area contributed by atoms with Gasteiger partial charge in [0, 0.05) is 13.1 Å². The first-order valence-electron chi connectivity index (χ1n) is 9.14. The number of rotatable bonds is 8. The quantitative estimate of drug-likeness (QED) is 0.499. The molecule has 1 heterocycles. The predicted molar refractivity (Wildman–Crippen MR) is 106 cm³/mol. The zero-order chi connectivity index (χ0) is 19.8. The van der Waals surface area contributed by atoms with Crippen LogP contribution >= 0.6 is 0 Å². The molecular formula is C20H24N2O5S. The molecule has 0 atom stereocenters. The molecule has 0 unspecified atom stereocenters. The molecule has 0 spiro atoms. The fraction of sp³-hybridized carbons (Fsp3) is 0.350. The van der Waals surface area contributed by atoms with Crippen molar-refractivity contribution in [1.29, 1.82) is 0 Å². The first kappa shape index (κ1) is 20.3. The van der Waals surface area contributed by atoms with Gasteiger partial charge in [0.1, 0.15) is 12.4 Å². The van der Waals surface area contributed by atoms with Gasteiger partial charge in [0.15, 0.2) is 0 Å². The summed E-state index contributed by atoms with van der Waals surface area (Å²) in [6.07, 6.45) is 1.60. The molecule has 1 aliphatic heterocycles. The lowest BCUT2D eigenvalue weighted by molar-refractivity contribution is 0.0730. The summed E-state index contributed by atoms with van der Waals surface area (Å²) in [5, 5.41) is 3.95. The maximum Gasteiger partial charge on any atom is 0.243 e. The van der Waals surface area contributed by atoms with E-state index in [1.807, 2.05) is 37.3 Å². The maximum atomic E-state index is 12.7. The van der Waals surface area contributed by atoms with Crippen molar-refractivity contribution in [2.75, 3.05) is 32.9 Å². The van der Waals surface area contributed by atoms with Crippen LogP contribution in [0.1, 0.15) is 18.1 Å². The predicted octanol–water partition coefficient (Wildman–Crippen LogP) is 2.66. The number of ether oxygens (including phenoxy) is 2. The van der Waals surface area contributed by atoms with Gasteiger partial charge in [0.25, 0.3) is 0 Å². The summed E-state index contributed by atoms with van der Waals surface area (Å²) in [5.74, 6) is 0.805. The molecule has 28 heavy (non-hydrogen) atoms. The van der Waals surface area contributed by atoms with Gasteiger partial charge in [0.05, 0.1) is 30.9 Å². The number of oxime groups is 1. The van der Waals surface area contributed by atoms with Crippen LogP contribution in [0.25, 0.3) is 0 Å². The summed E-state index contributed by atoms with van der Waals surface area (Å²) in [6.45, 7) is 4.32. The Morgan fingerprint density at radius 2 is 1.89 bits per heavy atom. The molecule has 2 aromatic rings. The van der Waals surface area contributed by atoms with Crippen molar-refractivity contribution in [3.05, 3.63) is 59.7 Å². The van der Waals surface area contributed by atoms with E-state index in [9.17, 15) is 8.42 Å². The Kier molecular flexibility index (Phi) is 7.02. The number of benzene rings is 2. The van der Waals surface area contributed by atoms with E-state index in [0.717, 1.165) is 16.9 Å². The maximum absolute atomic E-state index is 12.7. The van der Waals surface area contributed by atoms with Crippen molar-refractivity contribution in [3.63, 3.8) is 0 Å². The molecule has 1 saturated heterocycles. The SMILES string of the molecule is CCOc1ccc(/C=N\OCc2cccc(S(=O)(=O)N3CCOCC3)c2)cc1. The van der Waals surface area contributed by atoms with Crippen LogP contribution in [0.3, 0.4) is 0 Å². The van der Waals surface area contributed by atoms with Crippen LogP contribution in [-0.2, 0) is 26.2 Å². The third kappa shape index (κ3) is 5.31. The smallest absolute Gasteiger partial charge is 0.243 e. The summed E-state index contributed by atoms with van der Waals surface area (Å²) in [7, 11) is -3.52. The summed E-state index contributed by atoms with van der Waals surface area (Å²) < 4.78 is 37.5. The highest BCUT2D eigenvalue weighted by molar-refractivity contribution is 7.89. The molecule has 0 aromatic heterocycles. The van der Waals surface area contributed by atoms with Crippen LogP contribution in [0, 0.1) is 0 Å². The van der Waals surface area contributed by atoms with Crippen molar-refractivity contribution >= 4 is 16.2 Å². The minimum atomic E-state index is -3.52. The average molecular weight is 404 g/mol. The fourth-order valence-electron chi connectivity index (χ4n) is 2.76. The fourth-order valence-corrected chi connectivity index (χ4v) is 4.24. The van der Waals surface area contributed by atoms with Crippen molar-refractivity contribution < 1.29 is 22.7 Å². The highest BCUT2D eigenvalue weighted by Gasteiger charge is 2.26. The van der Waals surface area contributed by atoms with Crippen molar-refractivity contribution in [3.8, 4) is 5.75 Å². The van der Waals surface area contributed by atoms with Gasteiger partial charge in [-0.25, -0.2) is 8.42 Å². The van der Waals surface area contributed by atoms with Gasteiger partial charge < -0.3 is 14.3 Å². The molecule has 0 radical (unpaired) electrons. The van der Waals surface area contributed by atoms with Crippen molar-refractivity contribution in [2.45, 2.75) is 18.4 Å². The van der Waals surface area contributed by atoms with Crippen LogP contribution in [0.4, 0.5) is 0 Å². The Balaban J connectivity index is 1.58. The summed E-state index contributed by atoms with van der Waals surface area (Å²) in [4.78, 5) is 5.58. The number of sulfonamides is 1. The standard InChI is InChI=1S/C20H24N2O5S/c1-2-26-19-8-6-17(7-9-19)15-21-27-16-18-4-3-5-20(14-18)28(23,24)22-10-12-25-13-11-22/h3-9,14-15H,2,10-13,16H2,1H3/b21-15-. The first-order chi connectivity index (χ1) is 13.6. The lowest BCUT2D eigenvalue weighted by Crippen LogP contribution is -2.40. The van der Waals surface area contributed by atoms with Crippen LogP contribution < -0.4 is 4.74 Å². The highest BCUT2D eigenvalue weighted by Crippen LogP contribution is 2.19. The van der Waals surface area contributed by atoms with E-state index in [0.29, 0.717) is 32.9 Å². The second-order valence-corrected chi connectivity index (χ2v) is 8.11. The number of morpholine rings is 1. The number of hydrogen-bond donors (Lipinski definition) is 0. The Hall–Kier alpha value is -2.42. The Morgan fingerprint density at radius 3 is 2.61 bits per heavy atom. The van der Waals surface area contributed by atoms with E-state index < -0.39 is 10.0 Å². The van der Waals surface area contributed by atoms with Crippen LogP contribution in [0.2, 0.25) is 0 Å². The molecule has 2 aromatic carbocycles. The van der Waals surface area contributed by atoms with Crippen LogP contribution in [-0.4, -0.2) is 51.8 Å². The molecule has 7 nitrogen and oxygen atoms in total. The largest absolute Gasteiger partial charge is 0.494 e. The molecule has 1 aliphatic rings. The molecule has 0 N–H and O–H groups in total. The van der Waals surface area contributed by atoms with Gasteiger partial charge in [-0.2, -0.15) is 4.31 Å². The van der Waals surface area contributed by atoms with E-state index in [2.05, 4.69) is 5.16 Å². The van der Waals surface area contributed by atoms with Gasteiger partial charge in [0.2, 0.25) is 10.0 Å². The molecule has 1 fully saturated rings. The Labute approximate surface area is 165 Å². The topological polar surface area (TPSA) is 77.4 Å². The van der Waals surface area contributed by atoms with Crippen LogP contribution in [0.15, 0.2) is 58.6 Å². The van der Waals surface area contributed by atoms with E-state index in [4.69, 9.17) is 14.3 Å². The van der Waals surface area contributed by atoms with Crippen molar-refractivity contribution in [1.82, 2.24) is 4.31 Å². The molecule has 0 aliphatic carbocycles. The summed E-state index contributed by atoms with van der Waals surface area (Å²) in [6, 6.07) is 14.2. The van der Waals surface area contributed by atoms with Crippen LogP contribution in [0.5, 0.6) is 5.75 Å². The molecule has 8 heteroatoms. The van der Waals surface area contributed by atoms with Gasteiger partial charge in [-0.3, -0.25) is 0 Å². The highest BCUT2D eigenvalue weighted by atomic mass is 32.2. The second kappa shape index (κ2) is 9.68.